The van der Waals surface area contributed by atoms with Gasteiger partial charge in [0, 0.05) is 58.4 Å². The Hall–Kier alpha value is -3.19. The molecule has 4 aliphatic carbocycles. The normalized spacial score (nSPS) is 46.7. The van der Waals surface area contributed by atoms with Gasteiger partial charge in [-0.1, -0.05) is 13.8 Å². The molecule has 8 aliphatic rings. The lowest BCUT2D eigenvalue weighted by atomic mass is 9.43. The van der Waals surface area contributed by atoms with Crippen molar-refractivity contribution in [1.29, 1.82) is 0 Å². The number of cyclic esters (lactones) is 1. The molecular weight excluding hydrogens is 861 g/mol. The van der Waals surface area contributed by atoms with Crippen molar-refractivity contribution in [3.8, 4) is 0 Å². The summed E-state index contributed by atoms with van der Waals surface area (Å²) in [7, 11) is 0. The summed E-state index contributed by atoms with van der Waals surface area (Å²) in [5, 5.41) is 12.7. The smallest absolute Gasteiger partial charge is 0.331 e. The molecule has 8 rings (SSSR count). The molecule has 0 radical (unpaired) electrons. The predicted molar refractivity (Wildman–Crippen MR) is 229 cm³/mol. The second-order valence-corrected chi connectivity index (χ2v) is 21.1. The summed E-state index contributed by atoms with van der Waals surface area (Å²) in [6.45, 7) is 15.5. The van der Waals surface area contributed by atoms with E-state index < -0.39 is 103 Å². The number of hydrogen-bond donors (Lipinski definition) is 1. The largest absolute Gasteiger partial charge is 0.459 e. The summed E-state index contributed by atoms with van der Waals surface area (Å²) in [5.41, 5.74) is 0.0550. The van der Waals surface area contributed by atoms with Crippen LogP contribution < -0.4 is 0 Å². The Morgan fingerprint density at radius 1 is 0.606 bits per heavy atom. The zero-order chi connectivity index (χ0) is 47.5. The number of fused-ring (bicyclic) bond motifs is 5. The standard InChI is InChI=1S/C49H72O17/c1-24-44(63-30(7)53)37(60-27(4)50)21-42(58-24)65-46-26(3)59-43(22-39(46)62-29(6)52)66-45-25(2)57-41(20-38(45)61-28(5)51)64-33-12-15-47(8)32(19-33)10-11-36-35(47)13-16-48(9)34(14-17-49(36,48)55)31-18-40(54)56-23-31/h18,24-26,32-39,41-46,55H,10-17,19-23H2,1-9H3/t24-,25-,26-,32-,33+,34-,35+,36-,37+,38+,39+,41-,42-,43-,44-,45-,46-,47+,48-,49?/m1/s1. The number of ether oxygens (including phenoxy) is 11. The molecule has 4 aliphatic heterocycles. The molecule has 0 spiro atoms. The molecule has 0 amide bonds. The molecule has 20 atom stereocenters. The summed E-state index contributed by atoms with van der Waals surface area (Å²) < 4.78 is 66.5. The number of esters is 5. The number of aliphatic hydroxyl groups is 1. The molecule has 17 nitrogen and oxygen atoms in total. The molecule has 7 fully saturated rings. The van der Waals surface area contributed by atoms with Gasteiger partial charge in [0.2, 0.25) is 0 Å². The van der Waals surface area contributed by atoms with E-state index in [1.165, 1.54) is 27.7 Å². The van der Waals surface area contributed by atoms with Gasteiger partial charge < -0.3 is 57.2 Å². The van der Waals surface area contributed by atoms with E-state index in [4.69, 9.17) is 52.1 Å². The average molecular weight is 933 g/mol. The molecule has 66 heavy (non-hydrogen) atoms. The molecule has 17 heteroatoms. The van der Waals surface area contributed by atoms with Gasteiger partial charge in [-0.05, 0) is 113 Å². The van der Waals surface area contributed by atoms with E-state index in [2.05, 4.69) is 13.8 Å². The van der Waals surface area contributed by atoms with Crippen molar-refractivity contribution < 1.29 is 81.2 Å². The minimum Gasteiger partial charge on any atom is -0.459 e. The van der Waals surface area contributed by atoms with Gasteiger partial charge in [0.15, 0.2) is 25.0 Å². The highest BCUT2D eigenvalue weighted by molar-refractivity contribution is 5.85. The van der Waals surface area contributed by atoms with Crippen molar-refractivity contribution in [1.82, 2.24) is 0 Å². The lowest BCUT2D eigenvalue weighted by Gasteiger charge is -2.64. The van der Waals surface area contributed by atoms with Gasteiger partial charge in [0.05, 0.1) is 30.0 Å². The summed E-state index contributed by atoms with van der Waals surface area (Å²) in [6.07, 6.45) is 1.07. The van der Waals surface area contributed by atoms with Crippen molar-refractivity contribution in [2.24, 2.45) is 34.5 Å². The van der Waals surface area contributed by atoms with Crippen molar-refractivity contribution >= 4 is 29.8 Å². The van der Waals surface area contributed by atoms with Crippen LogP contribution in [0, 0.1) is 34.5 Å². The Bertz CT molecular complexity index is 1870. The van der Waals surface area contributed by atoms with Gasteiger partial charge in [0.25, 0.3) is 0 Å². The Labute approximate surface area is 387 Å². The average Bonchev–Trinajstić information content (AvgIpc) is 3.77. The van der Waals surface area contributed by atoms with Gasteiger partial charge in [-0.2, -0.15) is 0 Å². The minimum absolute atomic E-state index is 0.0508. The van der Waals surface area contributed by atoms with E-state index >= 15 is 0 Å². The molecule has 370 valence electrons. The van der Waals surface area contributed by atoms with Crippen LogP contribution in [0.3, 0.4) is 0 Å². The molecule has 0 aromatic rings. The molecular formula is C49H72O17. The maximum atomic E-state index is 12.7. The van der Waals surface area contributed by atoms with Crippen LogP contribution in [0.15, 0.2) is 11.6 Å². The van der Waals surface area contributed by atoms with E-state index in [1.807, 2.05) is 6.92 Å². The molecule has 1 unspecified atom stereocenters. The third kappa shape index (κ3) is 9.69. The first-order chi connectivity index (χ1) is 31.2. The van der Waals surface area contributed by atoms with Crippen molar-refractivity contribution in [3.05, 3.63) is 11.6 Å². The van der Waals surface area contributed by atoms with Gasteiger partial charge in [-0.25, -0.2) is 4.79 Å². The predicted octanol–water partition coefficient (Wildman–Crippen LogP) is 5.53. The van der Waals surface area contributed by atoms with E-state index in [9.17, 15) is 29.1 Å². The molecule has 3 saturated heterocycles. The van der Waals surface area contributed by atoms with Gasteiger partial charge in [-0.15, -0.1) is 0 Å². The number of rotatable bonds is 11. The van der Waals surface area contributed by atoms with Crippen LogP contribution in [0.4, 0.5) is 0 Å². The molecule has 0 aromatic heterocycles. The SMILES string of the molecule is CC(=O)O[C@H]1[C@@H](OC(C)=O)C[C@@H](O[C@H]2[C@@H](OC(C)=O)C[C@@H](O[C@H]3[C@@H](OC(C)=O)C[C@@H](O[C@H]4CC[C@@]5(C)[C@H](CC[C@@H]6[C@@H]5CC[C@]5(C)[C@@H](C7=CC(=O)OC7)CCC65O)C4)O[C@@H]3C)O[C@@H]2C)O[C@@H]1C. The quantitative estimate of drug-likeness (QED) is 0.154. The molecule has 1 N–H and O–H groups in total. The van der Waals surface area contributed by atoms with Crippen LogP contribution in [0.25, 0.3) is 0 Å². The van der Waals surface area contributed by atoms with Crippen molar-refractivity contribution in [2.75, 3.05) is 6.61 Å². The van der Waals surface area contributed by atoms with Gasteiger partial charge in [0.1, 0.15) is 37.1 Å². The van der Waals surface area contributed by atoms with E-state index in [0.717, 1.165) is 63.4 Å². The van der Waals surface area contributed by atoms with Crippen LogP contribution in [-0.2, 0) is 76.1 Å². The first kappa shape index (κ1) is 49.2. The summed E-state index contributed by atoms with van der Waals surface area (Å²) in [6, 6.07) is 0. The van der Waals surface area contributed by atoms with Gasteiger partial charge in [-0.3, -0.25) is 19.2 Å². The van der Waals surface area contributed by atoms with Gasteiger partial charge >= 0.3 is 29.8 Å². The second kappa shape index (κ2) is 19.3. The third-order valence-electron chi connectivity index (χ3n) is 17.0. The highest BCUT2D eigenvalue weighted by Crippen LogP contribution is 2.70. The Kier molecular flexibility index (Phi) is 14.4. The monoisotopic (exact) mass is 932 g/mol. The first-order valence-corrected chi connectivity index (χ1v) is 24.4. The second-order valence-electron chi connectivity index (χ2n) is 21.1. The van der Waals surface area contributed by atoms with Crippen molar-refractivity contribution in [3.63, 3.8) is 0 Å². The number of hydrogen-bond acceptors (Lipinski definition) is 17. The zero-order valence-corrected chi connectivity index (χ0v) is 40.1. The highest BCUT2D eigenvalue weighted by atomic mass is 16.8. The lowest BCUT2D eigenvalue weighted by Crippen LogP contribution is -2.62. The zero-order valence-electron chi connectivity index (χ0n) is 40.1. The van der Waals surface area contributed by atoms with E-state index in [0.29, 0.717) is 18.4 Å². The Balaban J connectivity index is 0.880. The fraction of sp³-hybridized carbons (Fsp3) is 0.857. The van der Waals surface area contributed by atoms with Crippen molar-refractivity contribution in [2.45, 2.75) is 225 Å². The van der Waals surface area contributed by atoms with Crippen LogP contribution >= 0.6 is 0 Å². The third-order valence-corrected chi connectivity index (χ3v) is 17.0. The Morgan fingerprint density at radius 3 is 1.64 bits per heavy atom. The minimum atomic E-state index is -0.922. The molecule has 4 saturated carbocycles. The van der Waals surface area contributed by atoms with Crippen LogP contribution in [0.5, 0.6) is 0 Å². The highest BCUT2D eigenvalue weighted by Gasteiger charge is 2.68. The van der Waals surface area contributed by atoms with Crippen LogP contribution in [0.2, 0.25) is 0 Å². The number of carbonyl (C=O) groups is 5. The number of carbonyl (C=O) groups excluding carboxylic acids is 5. The van der Waals surface area contributed by atoms with Crippen LogP contribution in [-0.4, -0.2) is 127 Å². The molecule has 4 heterocycles. The maximum absolute atomic E-state index is 12.7. The summed E-state index contributed by atoms with van der Waals surface area (Å²) in [5.74, 6) is -1.17. The van der Waals surface area contributed by atoms with E-state index in [-0.39, 0.29) is 54.0 Å². The van der Waals surface area contributed by atoms with E-state index in [1.54, 1.807) is 19.9 Å². The fourth-order valence-corrected chi connectivity index (χ4v) is 14.1. The first-order valence-electron chi connectivity index (χ1n) is 24.4. The van der Waals surface area contributed by atoms with Crippen LogP contribution in [0.1, 0.15) is 139 Å². The Morgan fingerprint density at radius 2 is 1.12 bits per heavy atom. The lowest BCUT2D eigenvalue weighted by molar-refractivity contribution is -0.337. The maximum Gasteiger partial charge on any atom is 0.331 e. The molecule has 0 aromatic carbocycles. The summed E-state index contributed by atoms with van der Waals surface area (Å²) in [4.78, 5) is 60.8. The summed E-state index contributed by atoms with van der Waals surface area (Å²) >= 11 is 0. The fourth-order valence-electron chi connectivity index (χ4n) is 14.1. The molecule has 0 bridgehead atoms. The topological polar surface area (TPSA) is 207 Å².